The van der Waals surface area contributed by atoms with Crippen LogP contribution < -0.4 is 4.90 Å². The molecule has 0 saturated heterocycles. The molecule has 0 N–H and O–H groups in total. The zero-order valence-corrected chi connectivity index (χ0v) is 33.4. The van der Waals surface area contributed by atoms with Gasteiger partial charge < -0.3 is 13.9 Å². The molecule has 3 heteroatoms. The molecule has 3 nitrogen and oxygen atoms in total. The van der Waals surface area contributed by atoms with Crippen molar-refractivity contribution in [2.75, 3.05) is 4.90 Å². The fraction of sp³-hybridized carbons (Fsp3) is 0.0345. The molecule has 11 aromatic rings. The van der Waals surface area contributed by atoms with Gasteiger partial charge in [0.2, 0.25) is 0 Å². The van der Waals surface area contributed by atoms with Crippen LogP contribution in [-0.2, 0) is 0 Å². The van der Waals surface area contributed by atoms with E-state index in [9.17, 15) is 0 Å². The minimum atomic E-state index is 0.238. The standard InChI is InChI=1S/C58H40N2O/c1-2-13-39(14-3-1)40-25-31-45(32-26-40)59(54-22-9-6-18-48(54)44-30-36-57-53(38-44)52-35-29-42-15-4-5-19-49(42)58(52)61-57)46-33-27-41(28-34-46)43-16-12-17-47(37-43)60-55-23-10-7-20-50(55)51-21-8-11-24-56(51)60/h1-27,29-38,41H,28H2. The predicted molar refractivity (Wildman–Crippen MR) is 256 cm³/mol. The number of nitrogens with zero attached hydrogens (tertiary/aromatic N) is 2. The Hall–Kier alpha value is -7.88. The Bertz CT molecular complexity index is 3460. The van der Waals surface area contributed by atoms with Crippen LogP contribution >= 0.6 is 0 Å². The number of fused-ring (bicyclic) bond motifs is 8. The molecule has 1 unspecified atom stereocenters. The van der Waals surface area contributed by atoms with Crippen molar-refractivity contribution in [1.29, 1.82) is 0 Å². The van der Waals surface area contributed by atoms with E-state index < -0.39 is 0 Å². The summed E-state index contributed by atoms with van der Waals surface area (Å²) in [7, 11) is 0. The van der Waals surface area contributed by atoms with Crippen LogP contribution in [0.2, 0.25) is 0 Å². The van der Waals surface area contributed by atoms with Gasteiger partial charge in [-0.2, -0.15) is 0 Å². The Balaban J connectivity index is 0.940. The van der Waals surface area contributed by atoms with E-state index in [2.05, 4.69) is 234 Å². The average molecular weight is 781 g/mol. The highest BCUT2D eigenvalue weighted by atomic mass is 16.3. The lowest BCUT2D eigenvalue weighted by molar-refractivity contribution is 0.672. The predicted octanol–water partition coefficient (Wildman–Crippen LogP) is 15.9. The Morgan fingerprint density at radius 2 is 1.18 bits per heavy atom. The van der Waals surface area contributed by atoms with Crippen LogP contribution in [0.5, 0.6) is 0 Å². The summed E-state index contributed by atoms with van der Waals surface area (Å²) in [6.45, 7) is 0. The van der Waals surface area contributed by atoms with Crippen molar-refractivity contribution in [3.63, 3.8) is 0 Å². The molecule has 0 bridgehead atoms. The van der Waals surface area contributed by atoms with Gasteiger partial charge in [-0.05, 0) is 101 Å². The van der Waals surface area contributed by atoms with Crippen LogP contribution in [0.3, 0.4) is 0 Å². The molecule has 2 heterocycles. The van der Waals surface area contributed by atoms with E-state index in [1.54, 1.807) is 0 Å². The molecule has 2 aromatic heterocycles. The number of hydrogen-bond acceptors (Lipinski definition) is 2. The third-order valence-corrected chi connectivity index (χ3v) is 12.5. The van der Waals surface area contributed by atoms with Crippen LogP contribution in [0, 0.1) is 0 Å². The zero-order valence-electron chi connectivity index (χ0n) is 33.4. The molecule has 61 heavy (non-hydrogen) atoms. The minimum absolute atomic E-state index is 0.238. The summed E-state index contributed by atoms with van der Waals surface area (Å²) >= 11 is 0. The highest BCUT2D eigenvalue weighted by Gasteiger charge is 2.22. The average Bonchev–Trinajstić information content (AvgIpc) is 3.88. The summed E-state index contributed by atoms with van der Waals surface area (Å²) in [6, 6.07) is 74.4. The van der Waals surface area contributed by atoms with E-state index >= 15 is 0 Å². The van der Waals surface area contributed by atoms with Crippen LogP contribution in [0.25, 0.3) is 82.5 Å². The number of rotatable bonds is 7. The number of aromatic nitrogens is 1. The number of hydrogen-bond donors (Lipinski definition) is 0. The third-order valence-electron chi connectivity index (χ3n) is 12.5. The van der Waals surface area contributed by atoms with Gasteiger partial charge in [0, 0.05) is 55.5 Å². The molecule has 1 aliphatic rings. The van der Waals surface area contributed by atoms with E-state index in [4.69, 9.17) is 4.42 Å². The Morgan fingerprint density at radius 1 is 0.492 bits per heavy atom. The van der Waals surface area contributed by atoms with Crippen LogP contribution in [0.1, 0.15) is 17.9 Å². The van der Waals surface area contributed by atoms with Crippen molar-refractivity contribution in [2.45, 2.75) is 12.3 Å². The first kappa shape index (κ1) is 35.1. The molecule has 1 aliphatic carbocycles. The molecular weight excluding hydrogens is 741 g/mol. The molecule has 1 atom stereocenters. The molecule has 0 fully saturated rings. The molecule has 9 aromatic carbocycles. The Labute approximate surface area is 354 Å². The number of benzene rings is 9. The first-order valence-electron chi connectivity index (χ1n) is 21.1. The van der Waals surface area contributed by atoms with Crippen molar-refractivity contribution in [1.82, 2.24) is 4.57 Å². The Kier molecular flexibility index (Phi) is 8.31. The molecule has 0 aliphatic heterocycles. The van der Waals surface area contributed by atoms with Crippen LogP contribution in [0.15, 0.2) is 235 Å². The lowest BCUT2D eigenvalue weighted by Crippen LogP contribution is -2.18. The first-order chi connectivity index (χ1) is 30.2. The monoisotopic (exact) mass is 780 g/mol. The SMILES string of the molecule is C1=CC(c2cccc(-n3c4ccccc4c4ccccc43)c2)CC=C1N(c1ccc(-c2ccccc2)cc1)c1ccccc1-c1ccc2oc3c4ccccc4ccc3c2c1. The molecule has 0 spiro atoms. The van der Waals surface area contributed by atoms with Gasteiger partial charge in [-0.25, -0.2) is 0 Å². The molecule has 0 amide bonds. The fourth-order valence-corrected chi connectivity index (χ4v) is 9.56. The number of furan rings is 1. The molecule has 12 rings (SSSR count). The quantitative estimate of drug-likeness (QED) is 0.161. The van der Waals surface area contributed by atoms with E-state index in [1.165, 1.54) is 49.6 Å². The van der Waals surface area contributed by atoms with Gasteiger partial charge in [-0.15, -0.1) is 0 Å². The van der Waals surface area contributed by atoms with E-state index in [-0.39, 0.29) is 5.92 Å². The molecule has 0 saturated carbocycles. The number of para-hydroxylation sites is 3. The van der Waals surface area contributed by atoms with E-state index in [1.807, 2.05) is 0 Å². The highest BCUT2D eigenvalue weighted by molar-refractivity contribution is 6.16. The lowest BCUT2D eigenvalue weighted by Gasteiger charge is -2.31. The first-order valence-corrected chi connectivity index (χ1v) is 21.1. The van der Waals surface area contributed by atoms with Gasteiger partial charge in [-0.1, -0.05) is 158 Å². The topological polar surface area (TPSA) is 21.3 Å². The van der Waals surface area contributed by atoms with Gasteiger partial charge in [-0.3, -0.25) is 0 Å². The third kappa shape index (κ3) is 5.97. The second-order valence-electron chi connectivity index (χ2n) is 16.0. The smallest absolute Gasteiger partial charge is 0.143 e. The summed E-state index contributed by atoms with van der Waals surface area (Å²) in [5.74, 6) is 0.238. The second kappa shape index (κ2) is 14.4. The van der Waals surface area contributed by atoms with Crippen LogP contribution in [0.4, 0.5) is 11.4 Å². The maximum Gasteiger partial charge on any atom is 0.143 e. The summed E-state index contributed by atoms with van der Waals surface area (Å²) in [5, 5.41) is 7.12. The van der Waals surface area contributed by atoms with Crippen molar-refractivity contribution in [3.05, 3.63) is 236 Å². The van der Waals surface area contributed by atoms with Crippen molar-refractivity contribution in [3.8, 4) is 27.9 Å². The maximum atomic E-state index is 6.53. The molecule has 288 valence electrons. The lowest BCUT2D eigenvalue weighted by atomic mass is 9.90. The zero-order chi connectivity index (χ0) is 40.3. The number of anilines is 2. The summed E-state index contributed by atoms with van der Waals surface area (Å²) in [6.07, 6.45) is 8.01. The number of allylic oxidation sites excluding steroid dienone is 3. The van der Waals surface area contributed by atoms with E-state index in [0.29, 0.717) is 0 Å². The minimum Gasteiger partial charge on any atom is -0.455 e. The second-order valence-corrected chi connectivity index (χ2v) is 16.0. The largest absolute Gasteiger partial charge is 0.455 e. The van der Waals surface area contributed by atoms with Crippen molar-refractivity contribution in [2.24, 2.45) is 0 Å². The molecular formula is C58H40N2O. The van der Waals surface area contributed by atoms with Gasteiger partial charge in [0.05, 0.1) is 16.7 Å². The van der Waals surface area contributed by atoms with Gasteiger partial charge in [0.1, 0.15) is 11.2 Å². The summed E-state index contributed by atoms with van der Waals surface area (Å²) in [4.78, 5) is 2.43. The Morgan fingerprint density at radius 3 is 1.97 bits per heavy atom. The summed E-state index contributed by atoms with van der Waals surface area (Å²) < 4.78 is 8.94. The highest BCUT2D eigenvalue weighted by Crippen LogP contribution is 2.43. The fourth-order valence-electron chi connectivity index (χ4n) is 9.56. The maximum absolute atomic E-state index is 6.53. The van der Waals surface area contributed by atoms with Gasteiger partial charge >= 0.3 is 0 Å². The van der Waals surface area contributed by atoms with Gasteiger partial charge in [0.15, 0.2) is 0 Å². The van der Waals surface area contributed by atoms with E-state index in [0.717, 1.165) is 61.9 Å². The normalized spacial score (nSPS) is 14.0. The van der Waals surface area contributed by atoms with Gasteiger partial charge in [0.25, 0.3) is 0 Å². The molecule has 0 radical (unpaired) electrons. The van der Waals surface area contributed by atoms with Crippen molar-refractivity contribution >= 4 is 65.9 Å². The van der Waals surface area contributed by atoms with Crippen LogP contribution in [-0.4, -0.2) is 4.57 Å². The summed E-state index contributed by atoms with van der Waals surface area (Å²) in [5.41, 5.74) is 14.8. The van der Waals surface area contributed by atoms with Crippen molar-refractivity contribution < 1.29 is 4.42 Å².